The average Bonchev–Trinajstić information content (AvgIpc) is 2.95. The van der Waals surface area contributed by atoms with Gasteiger partial charge in [0.1, 0.15) is 0 Å². The van der Waals surface area contributed by atoms with Crippen molar-refractivity contribution in [3.63, 3.8) is 0 Å². The summed E-state index contributed by atoms with van der Waals surface area (Å²) in [6, 6.07) is 0.349. The molecule has 1 aliphatic carbocycles. The minimum absolute atomic E-state index is 0.106. The number of carbonyl (C=O) groups is 1. The van der Waals surface area contributed by atoms with Crippen molar-refractivity contribution in [1.82, 2.24) is 14.8 Å². The Bertz CT molecular complexity index is 410. The molecule has 2 aliphatic rings. The Labute approximate surface area is 86.3 Å². The molecule has 0 bridgehead atoms. The molecule has 2 N–H and O–H groups in total. The summed E-state index contributed by atoms with van der Waals surface area (Å²) in [6.07, 6.45) is 3.47. The summed E-state index contributed by atoms with van der Waals surface area (Å²) in [4.78, 5) is 14.7. The minimum atomic E-state index is -1.06. The lowest BCUT2D eigenvalue weighted by atomic mass is 10.1. The van der Waals surface area contributed by atoms with E-state index in [4.69, 9.17) is 5.11 Å². The number of aromatic carboxylic acids is 1. The molecule has 1 aromatic heterocycles. The summed E-state index contributed by atoms with van der Waals surface area (Å²) < 4.78 is 1.75. The number of fused-ring (bicyclic) bond motifs is 1. The van der Waals surface area contributed by atoms with Crippen molar-refractivity contribution in [2.24, 2.45) is 5.92 Å². The Balaban J connectivity index is 1.98. The van der Waals surface area contributed by atoms with Gasteiger partial charge in [-0.25, -0.2) is 9.48 Å². The van der Waals surface area contributed by atoms with Crippen LogP contribution in [0.1, 0.15) is 35.9 Å². The maximum atomic E-state index is 10.7. The second kappa shape index (κ2) is 2.95. The summed E-state index contributed by atoms with van der Waals surface area (Å²) in [5.41, 5.74) is 0. The predicted molar refractivity (Wildman–Crippen MR) is 51.8 cm³/mol. The highest BCUT2D eigenvalue weighted by atomic mass is 16.4. The fraction of sp³-hybridized carbons (Fsp3) is 0.667. The molecular formula is C9H12N4O2. The Kier molecular flexibility index (Phi) is 1.71. The van der Waals surface area contributed by atoms with Gasteiger partial charge in [0, 0.05) is 6.54 Å². The predicted octanol–water partition coefficient (Wildman–Crippen LogP) is 0.743. The van der Waals surface area contributed by atoms with Crippen molar-refractivity contribution in [2.75, 3.05) is 11.9 Å². The Morgan fingerprint density at radius 1 is 1.47 bits per heavy atom. The summed E-state index contributed by atoms with van der Waals surface area (Å²) in [5.74, 6) is 0.114. The largest absolute Gasteiger partial charge is 0.475 e. The van der Waals surface area contributed by atoms with E-state index >= 15 is 0 Å². The van der Waals surface area contributed by atoms with Crippen LogP contribution in [0.2, 0.25) is 0 Å². The molecule has 2 heterocycles. The third-order valence-corrected chi connectivity index (χ3v) is 3.03. The molecule has 0 radical (unpaired) electrons. The third-order valence-electron chi connectivity index (χ3n) is 3.03. The fourth-order valence-corrected chi connectivity index (χ4v) is 2.14. The van der Waals surface area contributed by atoms with Crippen molar-refractivity contribution >= 4 is 11.9 Å². The minimum Gasteiger partial charge on any atom is -0.475 e. The molecule has 1 atom stereocenters. The van der Waals surface area contributed by atoms with Crippen LogP contribution in [0.25, 0.3) is 0 Å². The van der Waals surface area contributed by atoms with E-state index in [9.17, 15) is 4.79 Å². The third kappa shape index (κ3) is 1.36. The second-order valence-electron chi connectivity index (χ2n) is 4.13. The summed E-state index contributed by atoms with van der Waals surface area (Å²) in [6.45, 7) is 0.860. The maximum absolute atomic E-state index is 10.7. The molecule has 80 valence electrons. The molecule has 1 saturated carbocycles. The van der Waals surface area contributed by atoms with Crippen molar-refractivity contribution in [2.45, 2.75) is 25.3 Å². The van der Waals surface area contributed by atoms with Crippen molar-refractivity contribution in [1.29, 1.82) is 0 Å². The highest BCUT2D eigenvalue weighted by molar-refractivity contribution is 5.83. The van der Waals surface area contributed by atoms with E-state index in [1.807, 2.05) is 0 Å². The lowest BCUT2D eigenvalue weighted by molar-refractivity contribution is 0.0683. The number of hydrogen-bond donors (Lipinski definition) is 2. The van der Waals surface area contributed by atoms with Crippen LogP contribution in [-0.4, -0.2) is 32.4 Å². The first-order valence-corrected chi connectivity index (χ1v) is 5.19. The quantitative estimate of drug-likeness (QED) is 0.749. The van der Waals surface area contributed by atoms with Gasteiger partial charge in [-0.05, 0) is 25.2 Å². The van der Waals surface area contributed by atoms with Gasteiger partial charge in [0.2, 0.25) is 5.95 Å². The van der Waals surface area contributed by atoms with Crippen LogP contribution in [0, 0.1) is 5.92 Å². The molecule has 1 aromatic rings. The molecule has 6 nitrogen and oxygen atoms in total. The highest BCUT2D eigenvalue weighted by Crippen LogP contribution is 2.43. The van der Waals surface area contributed by atoms with Gasteiger partial charge in [0.15, 0.2) is 0 Å². The van der Waals surface area contributed by atoms with Gasteiger partial charge < -0.3 is 10.4 Å². The molecule has 3 rings (SSSR count). The number of hydrogen-bond acceptors (Lipinski definition) is 4. The van der Waals surface area contributed by atoms with Gasteiger partial charge >= 0.3 is 5.97 Å². The zero-order valence-electron chi connectivity index (χ0n) is 8.18. The van der Waals surface area contributed by atoms with E-state index in [0.29, 0.717) is 17.9 Å². The molecular weight excluding hydrogens is 196 g/mol. The van der Waals surface area contributed by atoms with Gasteiger partial charge in [-0.2, -0.15) is 4.98 Å². The smallest absolute Gasteiger partial charge is 0.375 e. The number of anilines is 1. The zero-order valence-corrected chi connectivity index (χ0v) is 8.18. The lowest BCUT2D eigenvalue weighted by Crippen LogP contribution is -2.25. The molecule has 1 unspecified atom stereocenters. The van der Waals surface area contributed by atoms with E-state index in [1.54, 1.807) is 4.68 Å². The molecule has 15 heavy (non-hydrogen) atoms. The van der Waals surface area contributed by atoms with Crippen molar-refractivity contribution in [3.05, 3.63) is 5.82 Å². The van der Waals surface area contributed by atoms with Crippen LogP contribution < -0.4 is 5.32 Å². The lowest BCUT2D eigenvalue weighted by Gasteiger charge is -2.23. The van der Waals surface area contributed by atoms with Crippen LogP contribution in [0.3, 0.4) is 0 Å². The van der Waals surface area contributed by atoms with Crippen molar-refractivity contribution < 1.29 is 9.90 Å². The van der Waals surface area contributed by atoms with Crippen LogP contribution in [0.4, 0.5) is 5.95 Å². The molecule has 0 spiro atoms. The molecule has 1 aliphatic heterocycles. The molecule has 6 heteroatoms. The first-order valence-electron chi connectivity index (χ1n) is 5.19. The number of carboxylic acids is 1. The standard InChI is InChI=1S/C9H12N4O2/c14-8(15)7-11-9-10-4-3-6(5-1-2-5)13(9)12-7/h5-6H,1-4H2,(H,14,15)(H,10,11,12). The van der Waals surface area contributed by atoms with Gasteiger partial charge in [0.05, 0.1) is 6.04 Å². The first-order chi connectivity index (χ1) is 7.25. The van der Waals surface area contributed by atoms with Gasteiger partial charge in [0.25, 0.3) is 5.82 Å². The van der Waals surface area contributed by atoms with E-state index in [-0.39, 0.29) is 5.82 Å². The average molecular weight is 208 g/mol. The molecule has 1 fully saturated rings. The van der Waals surface area contributed by atoms with Gasteiger partial charge in [-0.3, -0.25) is 0 Å². The number of nitrogens with zero attached hydrogens (tertiary/aromatic N) is 3. The molecule has 0 amide bonds. The highest BCUT2D eigenvalue weighted by Gasteiger charge is 2.36. The van der Waals surface area contributed by atoms with Gasteiger partial charge in [-0.1, -0.05) is 0 Å². The van der Waals surface area contributed by atoms with Crippen LogP contribution in [0.15, 0.2) is 0 Å². The molecule has 0 aromatic carbocycles. The second-order valence-corrected chi connectivity index (χ2v) is 4.13. The molecule has 0 saturated heterocycles. The SMILES string of the molecule is O=C(O)c1nc2n(n1)C(C1CC1)CCN2. The summed E-state index contributed by atoms with van der Waals surface area (Å²) >= 11 is 0. The first kappa shape index (κ1) is 8.70. The van der Waals surface area contributed by atoms with E-state index < -0.39 is 5.97 Å². The summed E-state index contributed by atoms with van der Waals surface area (Å²) in [7, 11) is 0. The fourth-order valence-electron chi connectivity index (χ4n) is 2.14. The monoisotopic (exact) mass is 208 g/mol. The summed E-state index contributed by atoms with van der Waals surface area (Å²) in [5, 5.41) is 15.9. The van der Waals surface area contributed by atoms with Gasteiger partial charge in [-0.15, -0.1) is 5.10 Å². The van der Waals surface area contributed by atoms with Crippen molar-refractivity contribution in [3.8, 4) is 0 Å². The number of aromatic nitrogens is 3. The van der Waals surface area contributed by atoms with Crippen LogP contribution >= 0.6 is 0 Å². The normalized spacial score (nSPS) is 24.4. The Hall–Kier alpha value is -1.59. The van der Waals surface area contributed by atoms with E-state index in [2.05, 4.69) is 15.4 Å². The van der Waals surface area contributed by atoms with E-state index in [1.165, 1.54) is 12.8 Å². The Morgan fingerprint density at radius 2 is 2.27 bits per heavy atom. The Morgan fingerprint density at radius 3 is 2.93 bits per heavy atom. The zero-order chi connectivity index (χ0) is 10.4. The van der Waals surface area contributed by atoms with Crippen LogP contribution in [0.5, 0.6) is 0 Å². The topological polar surface area (TPSA) is 80.0 Å². The van der Waals surface area contributed by atoms with E-state index in [0.717, 1.165) is 13.0 Å². The van der Waals surface area contributed by atoms with Crippen LogP contribution in [-0.2, 0) is 0 Å². The number of rotatable bonds is 2. The maximum Gasteiger partial charge on any atom is 0.375 e. The number of carboxylic acid groups (broad SMARTS) is 1. The number of nitrogens with one attached hydrogen (secondary N) is 1.